The van der Waals surface area contributed by atoms with Gasteiger partial charge in [-0.1, -0.05) is 6.07 Å². The minimum atomic E-state index is -0.664. The lowest BCUT2D eigenvalue weighted by Gasteiger charge is -2.29. The number of nitrogens with zero attached hydrogens (tertiary/aromatic N) is 3. The van der Waals surface area contributed by atoms with Gasteiger partial charge in [0.15, 0.2) is 11.6 Å². The van der Waals surface area contributed by atoms with E-state index in [0.29, 0.717) is 21.6 Å². The van der Waals surface area contributed by atoms with E-state index < -0.39 is 11.6 Å². The molecular weight excluding hydrogens is 534 g/mol. The number of hydrogen-bond donors (Lipinski definition) is 3. The number of rotatable bonds is 6. The maximum absolute atomic E-state index is 14.8. The van der Waals surface area contributed by atoms with Crippen molar-refractivity contribution in [2.45, 2.75) is 18.9 Å². The van der Waals surface area contributed by atoms with Crippen molar-refractivity contribution in [3.8, 4) is 11.5 Å². The Morgan fingerprint density at radius 1 is 1.14 bits per heavy atom. The molecule has 0 unspecified atom stereocenters. The van der Waals surface area contributed by atoms with E-state index in [9.17, 15) is 13.6 Å². The average Bonchev–Trinajstić information content (AvgIpc) is 2.85. The van der Waals surface area contributed by atoms with Gasteiger partial charge in [0.1, 0.15) is 22.8 Å². The molecular formula is C25H23BrF2N6O2. The molecule has 36 heavy (non-hydrogen) atoms. The molecule has 0 bridgehead atoms. The van der Waals surface area contributed by atoms with Crippen molar-refractivity contribution < 1.29 is 13.5 Å². The van der Waals surface area contributed by atoms with E-state index >= 15 is 0 Å². The highest BCUT2D eigenvalue weighted by Gasteiger charge is 2.20. The number of ether oxygens (including phenoxy) is 1. The number of likely N-dealkylation sites (tertiary alicyclic amines) is 1. The standard InChI is InChI=1S/C25H23BrF2N6O2/c1-34-9-7-15(8-10-34)31-25-32-22-18(26)13-29-24(35)21(22)23(33-25)30-16-5-6-20(19(28)12-16)36-17-4-2-3-14(27)11-17/h2-6,11-13,15H,7-10H2,1H3,(H,29,35)(H2,30,31,32,33). The topological polar surface area (TPSA) is 95.2 Å². The first-order chi connectivity index (χ1) is 17.4. The van der Waals surface area contributed by atoms with Crippen LogP contribution in [0.4, 0.5) is 26.2 Å². The van der Waals surface area contributed by atoms with Crippen LogP contribution in [0.15, 0.2) is 57.9 Å². The van der Waals surface area contributed by atoms with Gasteiger partial charge in [-0.15, -0.1) is 0 Å². The molecule has 0 radical (unpaired) electrons. The van der Waals surface area contributed by atoms with Crippen molar-refractivity contribution in [3.05, 3.63) is 75.1 Å². The summed E-state index contributed by atoms with van der Waals surface area (Å²) in [7, 11) is 2.09. The third-order valence-corrected chi connectivity index (χ3v) is 6.57. The third-order valence-electron chi connectivity index (χ3n) is 5.96. The molecule has 0 amide bonds. The molecule has 1 saturated heterocycles. The first-order valence-corrected chi connectivity index (χ1v) is 12.2. The van der Waals surface area contributed by atoms with E-state index in [0.717, 1.165) is 25.9 Å². The summed E-state index contributed by atoms with van der Waals surface area (Å²) >= 11 is 3.45. The maximum atomic E-state index is 14.8. The van der Waals surface area contributed by atoms with Crippen molar-refractivity contribution in [1.29, 1.82) is 0 Å². The highest BCUT2D eigenvalue weighted by atomic mass is 79.9. The average molecular weight is 557 g/mol. The van der Waals surface area contributed by atoms with Crippen molar-refractivity contribution in [1.82, 2.24) is 19.9 Å². The largest absolute Gasteiger partial charge is 0.454 e. The molecule has 1 aliphatic heterocycles. The molecule has 186 valence electrons. The van der Waals surface area contributed by atoms with E-state index in [2.05, 4.69) is 53.5 Å². The molecule has 1 aliphatic rings. The summed E-state index contributed by atoms with van der Waals surface area (Å²) < 4.78 is 34.3. The lowest BCUT2D eigenvalue weighted by molar-refractivity contribution is 0.263. The lowest BCUT2D eigenvalue weighted by Crippen LogP contribution is -2.37. The summed E-state index contributed by atoms with van der Waals surface area (Å²) in [5, 5.41) is 6.65. The quantitative estimate of drug-likeness (QED) is 0.292. The van der Waals surface area contributed by atoms with Crippen LogP contribution in [0.1, 0.15) is 12.8 Å². The van der Waals surface area contributed by atoms with Crippen LogP contribution in [0.3, 0.4) is 0 Å². The number of pyridine rings is 1. The Balaban J connectivity index is 1.45. The second kappa shape index (κ2) is 10.2. The molecule has 0 aliphatic carbocycles. The Hall–Kier alpha value is -3.57. The van der Waals surface area contributed by atoms with Crippen LogP contribution in [0.25, 0.3) is 10.9 Å². The number of anilines is 3. The smallest absolute Gasteiger partial charge is 0.261 e. The monoisotopic (exact) mass is 556 g/mol. The predicted octanol–water partition coefficient (Wildman–Crippen LogP) is 5.40. The SMILES string of the molecule is CN1CCC(Nc2nc(Nc3ccc(Oc4cccc(F)c4)c(F)c3)c3c(=O)[nH]cc(Br)c3n2)CC1. The minimum Gasteiger partial charge on any atom is -0.454 e. The Morgan fingerprint density at radius 2 is 1.94 bits per heavy atom. The van der Waals surface area contributed by atoms with Crippen molar-refractivity contribution in [2.24, 2.45) is 0 Å². The van der Waals surface area contributed by atoms with Crippen molar-refractivity contribution in [2.75, 3.05) is 30.8 Å². The van der Waals surface area contributed by atoms with Crippen LogP contribution in [0.5, 0.6) is 11.5 Å². The van der Waals surface area contributed by atoms with Crippen LogP contribution in [-0.2, 0) is 0 Å². The lowest BCUT2D eigenvalue weighted by atomic mass is 10.1. The fourth-order valence-corrected chi connectivity index (χ4v) is 4.47. The molecule has 2 aromatic heterocycles. The molecule has 11 heteroatoms. The van der Waals surface area contributed by atoms with Crippen molar-refractivity contribution in [3.63, 3.8) is 0 Å². The molecule has 2 aromatic carbocycles. The Morgan fingerprint density at radius 3 is 2.69 bits per heavy atom. The van der Waals surface area contributed by atoms with Crippen LogP contribution < -0.4 is 20.9 Å². The number of benzene rings is 2. The van der Waals surface area contributed by atoms with E-state index in [1.54, 1.807) is 6.07 Å². The van der Waals surface area contributed by atoms with Gasteiger partial charge in [0.2, 0.25) is 5.95 Å². The molecule has 3 heterocycles. The molecule has 8 nitrogen and oxygen atoms in total. The van der Waals surface area contributed by atoms with Gasteiger partial charge in [-0.25, -0.2) is 13.8 Å². The van der Waals surface area contributed by atoms with Gasteiger partial charge >= 0.3 is 0 Å². The summed E-state index contributed by atoms with van der Waals surface area (Å²) in [4.78, 5) is 26.7. The summed E-state index contributed by atoms with van der Waals surface area (Å²) in [6.07, 6.45) is 3.41. The van der Waals surface area contributed by atoms with Crippen LogP contribution >= 0.6 is 15.9 Å². The molecule has 0 atom stereocenters. The number of piperidine rings is 1. The van der Waals surface area contributed by atoms with E-state index in [1.165, 1.54) is 42.6 Å². The fourth-order valence-electron chi connectivity index (χ4n) is 4.06. The summed E-state index contributed by atoms with van der Waals surface area (Å²) in [6.45, 7) is 1.92. The number of aromatic amines is 1. The second-order valence-corrected chi connectivity index (χ2v) is 9.49. The number of nitrogens with one attached hydrogen (secondary N) is 3. The zero-order valence-corrected chi connectivity index (χ0v) is 20.9. The highest BCUT2D eigenvalue weighted by Crippen LogP contribution is 2.31. The van der Waals surface area contributed by atoms with Gasteiger partial charge in [-0.3, -0.25) is 4.79 Å². The third kappa shape index (κ3) is 5.31. The van der Waals surface area contributed by atoms with Crippen LogP contribution in [0, 0.1) is 11.6 Å². The number of aromatic nitrogens is 3. The number of hydrogen-bond acceptors (Lipinski definition) is 7. The number of H-pyrrole nitrogens is 1. The normalized spacial score (nSPS) is 14.7. The van der Waals surface area contributed by atoms with Gasteiger partial charge in [0.25, 0.3) is 5.56 Å². The van der Waals surface area contributed by atoms with E-state index in [-0.39, 0.29) is 34.3 Å². The maximum Gasteiger partial charge on any atom is 0.261 e. The molecule has 4 aromatic rings. The van der Waals surface area contributed by atoms with Gasteiger partial charge in [-0.05, 0) is 73.2 Å². The molecule has 5 rings (SSSR count). The summed E-state index contributed by atoms with van der Waals surface area (Å²) in [5.74, 6) is -0.430. The Labute approximate surface area is 213 Å². The fraction of sp³-hybridized carbons (Fsp3) is 0.240. The van der Waals surface area contributed by atoms with Gasteiger partial charge in [0, 0.05) is 30.1 Å². The minimum absolute atomic E-state index is 0.0658. The van der Waals surface area contributed by atoms with Crippen LogP contribution in [-0.4, -0.2) is 46.0 Å². The predicted molar refractivity (Wildman–Crippen MR) is 138 cm³/mol. The first-order valence-electron chi connectivity index (χ1n) is 11.4. The van der Waals surface area contributed by atoms with E-state index in [4.69, 9.17) is 4.74 Å². The van der Waals surface area contributed by atoms with E-state index in [1.807, 2.05) is 0 Å². The molecule has 0 saturated carbocycles. The molecule has 1 fully saturated rings. The zero-order valence-electron chi connectivity index (χ0n) is 19.3. The second-order valence-electron chi connectivity index (χ2n) is 8.64. The summed E-state index contributed by atoms with van der Waals surface area (Å²) in [5.41, 5.74) is 0.398. The van der Waals surface area contributed by atoms with Gasteiger partial charge in [0.05, 0.1) is 9.99 Å². The first kappa shape index (κ1) is 24.1. The molecule has 0 spiro atoms. The van der Waals surface area contributed by atoms with Crippen molar-refractivity contribution >= 4 is 44.3 Å². The summed E-state index contributed by atoms with van der Waals surface area (Å²) in [6, 6.07) is 9.88. The zero-order chi connectivity index (χ0) is 25.2. The number of fused-ring (bicyclic) bond motifs is 1. The Bertz CT molecular complexity index is 1470. The van der Waals surface area contributed by atoms with Crippen LogP contribution in [0.2, 0.25) is 0 Å². The molecule has 3 N–H and O–H groups in total. The number of halogens is 3. The highest BCUT2D eigenvalue weighted by molar-refractivity contribution is 9.10. The van der Waals surface area contributed by atoms with Gasteiger partial charge < -0.3 is 25.3 Å². The Kier molecular flexibility index (Phi) is 6.84. The van der Waals surface area contributed by atoms with Gasteiger partial charge in [-0.2, -0.15) is 4.98 Å².